The standard InChI is InChI=1S/C22H18N6O4S/c29-21-10-2-15-14-18(7-8-19(15)24-21)33(30,31)27-16-3-5-17(6-4-16)32-22-11-9-20(25-26-22)28-13-1-12-23-28/h1,3-9,11-14,27H,2,10H2,(H,24,29). The molecule has 4 aromatic rings. The van der Waals surface area contributed by atoms with E-state index in [1.807, 2.05) is 0 Å². The van der Waals surface area contributed by atoms with Gasteiger partial charge in [0, 0.05) is 36.3 Å². The first-order valence-electron chi connectivity index (χ1n) is 10.0. The van der Waals surface area contributed by atoms with Gasteiger partial charge in [0.2, 0.25) is 11.8 Å². The second kappa shape index (κ2) is 8.36. The van der Waals surface area contributed by atoms with Gasteiger partial charge < -0.3 is 10.1 Å². The number of carbonyl (C=O) groups excluding carboxylic acids is 1. The highest BCUT2D eigenvalue weighted by atomic mass is 32.2. The van der Waals surface area contributed by atoms with E-state index in [-0.39, 0.29) is 10.8 Å². The van der Waals surface area contributed by atoms with Crippen LogP contribution in [-0.4, -0.2) is 34.3 Å². The zero-order chi connectivity index (χ0) is 22.8. The zero-order valence-corrected chi connectivity index (χ0v) is 18.0. The number of fused-ring (bicyclic) bond motifs is 1. The van der Waals surface area contributed by atoms with Crippen molar-refractivity contribution < 1.29 is 17.9 Å². The Morgan fingerprint density at radius 3 is 2.58 bits per heavy atom. The van der Waals surface area contributed by atoms with Gasteiger partial charge in [-0.25, -0.2) is 13.1 Å². The molecule has 0 radical (unpaired) electrons. The Balaban J connectivity index is 1.26. The van der Waals surface area contributed by atoms with Gasteiger partial charge in [0.25, 0.3) is 10.0 Å². The van der Waals surface area contributed by atoms with Crippen LogP contribution < -0.4 is 14.8 Å². The van der Waals surface area contributed by atoms with Crippen molar-refractivity contribution in [2.75, 3.05) is 10.0 Å². The Kier molecular flexibility index (Phi) is 5.23. The van der Waals surface area contributed by atoms with Gasteiger partial charge in [0.05, 0.1) is 4.90 Å². The van der Waals surface area contributed by atoms with Crippen molar-refractivity contribution in [2.45, 2.75) is 17.7 Å². The van der Waals surface area contributed by atoms with Gasteiger partial charge >= 0.3 is 0 Å². The first-order chi connectivity index (χ1) is 16.0. The lowest BCUT2D eigenvalue weighted by Gasteiger charge is -2.18. The molecule has 0 saturated carbocycles. The number of sulfonamides is 1. The molecule has 0 bridgehead atoms. The third-order valence-corrected chi connectivity index (χ3v) is 6.36. The molecule has 3 heterocycles. The fourth-order valence-electron chi connectivity index (χ4n) is 3.35. The van der Waals surface area contributed by atoms with Crippen LogP contribution in [0.4, 0.5) is 11.4 Å². The summed E-state index contributed by atoms with van der Waals surface area (Å²) in [6, 6.07) is 16.3. The van der Waals surface area contributed by atoms with E-state index >= 15 is 0 Å². The lowest BCUT2D eigenvalue weighted by atomic mass is 10.0. The summed E-state index contributed by atoms with van der Waals surface area (Å²) in [4.78, 5) is 11.6. The molecule has 166 valence electrons. The number of amides is 1. The summed E-state index contributed by atoms with van der Waals surface area (Å²) in [5.41, 5.74) is 1.82. The minimum Gasteiger partial charge on any atom is -0.438 e. The average molecular weight is 462 g/mol. The number of carbonyl (C=O) groups is 1. The number of anilines is 2. The smallest absolute Gasteiger partial charge is 0.261 e. The number of hydrogen-bond donors (Lipinski definition) is 2. The SMILES string of the molecule is O=C1CCc2cc(S(=O)(=O)Nc3ccc(Oc4ccc(-n5cccn5)nn4)cc3)ccc2N1. The minimum absolute atomic E-state index is 0.0710. The van der Waals surface area contributed by atoms with Gasteiger partial charge in [0.1, 0.15) is 5.75 Å². The van der Waals surface area contributed by atoms with Gasteiger partial charge in [-0.1, -0.05) is 0 Å². The first kappa shape index (κ1) is 20.6. The summed E-state index contributed by atoms with van der Waals surface area (Å²) in [7, 11) is -3.79. The van der Waals surface area contributed by atoms with Crippen molar-refractivity contribution in [3.05, 3.63) is 78.6 Å². The van der Waals surface area contributed by atoms with E-state index in [1.165, 1.54) is 6.07 Å². The van der Waals surface area contributed by atoms with E-state index < -0.39 is 10.0 Å². The lowest BCUT2D eigenvalue weighted by Crippen LogP contribution is -2.20. The summed E-state index contributed by atoms with van der Waals surface area (Å²) in [5.74, 6) is 1.25. The third kappa shape index (κ3) is 4.53. The number of ether oxygens (including phenoxy) is 1. The molecule has 10 nitrogen and oxygen atoms in total. The van der Waals surface area contributed by atoms with Crippen LogP contribution in [0, 0.1) is 0 Å². The molecule has 5 rings (SSSR count). The largest absolute Gasteiger partial charge is 0.438 e. The highest BCUT2D eigenvalue weighted by Gasteiger charge is 2.20. The normalized spacial score (nSPS) is 13.2. The lowest BCUT2D eigenvalue weighted by molar-refractivity contribution is -0.116. The summed E-state index contributed by atoms with van der Waals surface area (Å²) in [5, 5.41) is 14.9. The second-order valence-corrected chi connectivity index (χ2v) is 8.96. The summed E-state index contributed by atoms with van der Waals surface area (Å²) in [6.07, 6.45) is 4.24. The topological polar surface area (TPSA) is 128 Å². The molecule has 0 atom stereocenters. The van der Waals surface area contributed by atoms with Crippen LogP contribution in [0.3, 0.4) is 0 Å². The fraction of sp³-hybridized carbons (Fsp3) is 0.0909. The molecule has 2 N–H and O–H groups in total. The Morgan fingerprint density at radius 1 is 1.00 bits per heavy atom. The van der Waals surface area contributed by atoms with E-state index in [4.69, 9.17) is 4.74 Å². The number of nitrogens with zero attached hydrogens (tertiary/aromatic N) is 4. The van der Waals surface area contributed by atoms with Gasteiger partial charge in [-0.05, 0) is 66.6 Å². The molecular weight excluding hydrogens is 444 g/mol. The quantitative estimate of drug-likeness (QED) is 0.450. The van der Waals surface area contributed by atoms with E-state index in [1.54, 1.807) is 71.7 Å². The maximum atomic E-state index is 12.8. The molecule has 0 fully saturated rings. The summed E-state index contributed by atoms with van der Waals surface area (Å²) in [6.45, 7) is 0. The molecule has 0 aliphatic carbocycles. The maximum Gasteiger partial charge on any atom is 0.261 e. The Morgan fingerprint density at radius 2 is 1.85 bits per heavy atom. The molecule has 2 aromatic heterocycles. The monoisotopic (exact) mass is 462 g/mol. The van der Waals surface area contributed by atoms with Crippen LogP contribution in [0.5, 0.6) is 11.6 Å². The van der Waals surface area contributed by atoms with Crippen LogP contribution in [0.2, 0.25) is 0 Å². The second-order valence-electron chi connectivity index (χ2n) is 7.28. The number of nitrogens with one attached hydrogen (secondary N) is 2. The molecule has 0 spiro atoms. The summed E-state index contributed by atoms with van der Waals surface area (Å²) < 4.78 is 35.4. The van der Waals surface area contributed by atoms with Crippen molar-refractivity contribution in [2.24, 2.45) is 0 Å². The van der Waals surface area contributed by atoms with E-state index in [0.717, 1.165) is 5.56 Å². The Hall–Kier alpha value is -4.25. The minimum atomic E-state index is -3.79. The van der Waals surface area contributed by atoms with Crippen LogP contribution in [0.25, 0.3) is 5.82 Å². The molecule has 2 aromatic carbocycles. The van der Waals surface area contributed by atoms with Gasteiger partial charge in [-0.2, -0.15) is 5.10 Å². The molecule has 0 unspecified atom stereocenters. The molecule has 11 heteroatoms. The number of hydrogen-bond acceptors (Lipinski definition) is 7. The molecule has 0 saturated heterocycles. The van der Waals surface area contributed by atoms with Gasteiger partial charge in [-0.15, -0.1) is 10.2 Å². The van der Waals surface area contributed by atoms with Crippen LogP contribution in [0.1, 0.15) is 12.0 Å². The fourth-order valence-corrected chi connectivity index (χ4v) is 4.46. The predicted molar refractivity (Wildman–Crippen MR) is 120 cm³/mol. The van der Waals surface area contributed by atoms with E-state index in [9.17, 15) is 13.2 Å². The van der Waals surface area contributed by atoms with E-state index in [0.29, 0.717) is 41.7 Å². The Labute approximate surface area is 189 Å². The van der Waals surface area contributed by atoms with Crippen molar-refractivity contribution >= 4 is 27.3 Å². The highest BCUT2D eigenvalue weighted by Crippen LogP contribution is 2.27. The average Bonchev–Trinajstić information content (AvgIpc) is 3.35. The maximum absolute atomic E-state index is 12.8. The van der Waals surface area contributed by atoms with E-state index in [2.05, 4.69) is 25.3 Å². The number of aromatic nitrogens is 4. The molecule has 1 aliphatic rings. The molecule has 33 heavy (non-hydrogen) atoms. The molecular formula is C22H18N6O4S. The van der Waals surface area contributed by atoms with Crippen molar-refractivity contribution in [1.82, 2.24) is 20.0 Å². The number of rotatable bonds is 6. The number of aryl methyl sites for hydroxylation is 1. The van der Waals surface area contributed by atoms with Crippen molar-refractivity contribution in [3.8, 4) is 17.4 Å². The highest BCUT2D eigenvalue weighted by molar-refractivity contribution is 7.92. The van der Waals surface area contributed by atoms with Crippen LogP contribution in [-0.2, 0) is 21.2 Å². The van der Waals surface area contributed by atoms with Gasteiger partial charge in [0.15, 0.2) is 5.82 Å². The van der Waals surface area contributed by atoms with Gasteiger partial charge in [-0.3, -0.25) is 9.52 Å². The molecule has 1 amide bonds. The molecule has 1 aliphatic heterocycles. The number of benzene rings is 2. The van der Waals surface area contributed by atoms with Crippen molar-refractivity contribution in [1.29, 1.82) is 0 Å². The third-order valence-electron chi connectivity index (χ3n) is 4.98. The Bertz CT molecular complexity index is 1400. The van der Waals surface area contributed by atoms with Crippen molar-refractivity contribution in [3.63, 3.8) is 0 Å². The summed E-state index contributed by atoms with van der Waals surface area (Å²) >= 11 is 0. The predicted octanol–water partition coefficient (Wildman–Crippen LogP) is 3.14. The zero-order valence-electron chi connectivity index (χ0n) is 17.2. The van der Waals surface area contributed by atoms with Crippen LogP contribution in [0.15, 0.2) is 78.0 Å². The van der Waals surface area contributed by atoms with Crippen LogP contribution >= 0.6 is 0 Å². The first-order valence-corrected chi connectivity index (χ1v) is 11.5.